The molecular formula is C10H16F2N4O4. The van der Waals surface area contributed by atoms with Gasteiger partial charge < -0.3 is 20.9 Å². The first-order chi connectivity index (χ1) is 9.32. The molecule has 5 N–H and O–H groups in total. The number of aromatic nitrogens is 2. The number of nitrogens with zero attached hydrogens (tertiary/aromatic N) is 1. The topological polar surface area (TPSA) is 122 Å². The van der Waals surface area contributed by atoms with Gasteiger partial charge >= 0.3 is 5.69 Å². The number of hydrogen-bond donors (Lipinski definition) is 4. The van der Waals surface area contributed by atoms with Crippen molar-refractivity contribution in [2.75, 3.05) is 37.9 Å². The van der Waals surface area contributed by atoms with Crippen LogP contribution in [-0.2, 0) is 11.3 Å². The van der Waals surface area contributed by atoms with Crippen molar-refractivity contribution in [1.82, 2.24) is 9.55 Å². The average Bonchev–Trinajstić information content (AvgIpc) is 2.38. The van der Waals surface area contributed by atoms with Crippen molar-refractivity contribution in [3.8, 4) is 0 Å². The summed E-state index contributed by atoms with van der Waals surface area (Å²) in [6.45, 7) is -2.15. The molecule has 0 saturated heterocycles. The second-order valence-corrected chi connectivity index (χ2v) is 4.03. The maximum atomic E-state index is 12.9. The lowest BCUT2D eigenvalue weighted by atomic mass is 10.3. The second kappa shape index (κ2) is 6.48. The van der Waals surface area contributed by atoms with Crippen molar-refractivity contribution in [3.63, 3.8) is 0 Å². The number of halogens is 2. The van der Waals surface area contributed by atoms with Crippen molar-refractivity contribution >= 4 is 11.5 Å². The molecule has 8 nitrogen and oxygen atoms in total. The third-order valence-electron chi connectivity index (χ3n) is 2.51. The Bertz CT molecular complexity index is 569. The first-order valence-corrected chi connectivity index (χ1v) is 5.66. The summed E-state index contributed by atoms with van der Waals surface area (Å²) in [5, 5.41) is 10.6. The largest absolute Gasteiger partial charge is 0.390 e. The standard InChI is InChI=1S/C10H16F2N4O4/c1-20-3-2-16-7(13)6(8(18)15-9(16)19)14-4-10(11,12)5-17/h14,17H,2-5,13H2,1H3,(H,15,18,19). The van der Waals surface area contributed by atoms with E-state index in [4.69, 9.17) is 15.6 Å². The Balaban J connectivity index is 3.07. The summed E-state index contributed by atoms with van der Waals surface area (Å²) in [5.41, 5.74) is 3.59. The van der Waals surface area contributed by atoms with Gasteiger partial charge in [-0.05, 0) is 0 Å². The van der Waals surface area contributed by atoms with E-state index in [0.29, 0.717) is 0 Å². The Hall–Kier alpha value is -1.94. The van der Waals surface area contributed by atoms with Crippen molar-refractivity contribution < 1.29 is 18.6 Å². The molecule has 0 aromatic carbocycles. The van der Waals surface area contributed by atoms with Crippen LogP contribution in [0.4, 0.5) is 20.3 Å². The van der Waals surface area contributed by atoms with Gasteiger partial charge in [0.2, 0.25) is 0 Å². The van der Waals surface area contributed by atoms with E-state index in [1.54, 1.807) is 0 Å². The molecule has 0 saturated carbocycles. The fourth-order valence-electron chi connectivity index (χ4n) is 1.44. The van der Waals surface area contributed by atoms with E-state index in [-0.39, 0.29) is 24.7 Å². The fourth-order valence-corrected chi connectivity index (χ4v) is 1.44. The third-order valence-corrected chi connectivity index (χ3v) is 2.51. The molecule has 0 fully saturated rings. The first kappa shape index (κ1) is 16.1. The molecule has 0 amide bonds. The summed E-state index contributed by atoms with van der Waals surface area (Å²) in [5.74, 6) is -3.68. The number of nitrogens with two attached hydrogens (primary N) is 1. The molecule has 0 spiro atoms. The highest BCUT2D eigenvalue weighted by atomic mass is 19.3. The SMILES string of the molecule is COCCn1c(N)c(NCC(F)(F)CO)c(=O)[nH]c1=O. The fraction of sp³-hybridized carbons (Fsp3) is 0.600. The number of aliphatic hydroxyl groups is 1. The Morgan fingerprint density at radius 3 is 2.70 bits per heavy atom. The molecule has 0 radical (unpaired) electrons. The number of H-pyrrole nitrogens is 1. The number of nitrogens with one attached hydrogen (secondary N) is 2. The predicted octanol–water partition coefficient (Wildman–Crippen LogP) is -1.20. The van der Waals surface area contributed by atoms with Gasteiger partial charge in [-0.3, -0.25) is 14.3 Å². The highest BCUT2D eigenvalue weighted by Crippen LogP contribution is 2.15. The Morgan fingerprint density at radius 2 is 2.15 bits per heavy atom. The van der Waals surface area contributed by atoms with Crippen LogP contribution in [0.5, 0.6) is 0 Å². The van der Waals surface area contributed by atoms with Crippen LogP contribution >= 0.6 is 0 Å². The van der Waals surface area contributed by atoms with Crippen LogP contribution in [0.2, 0.25) is 0 Å². The van der Waals surface area contributed by atoms with Crippen LogP contribution in [-0.4, -0.2) is 47.4 Å². The van der Waals surface area contributed by atoms with Crippen molar-refractivity contribution in [2.24, 2.45) is 0 Å². The number of methoxy groups -OCH3 is 1. The molecule has 0 aliphatic carbocycles. The average molecular weight is 294 g/mol. The molecule has 0 atom stereocenters. The molecule has 1 aromatic rings. The number of alkyl halides is 2. The Kier molecular flexibility index (Phi) is 5.22. The molecule has 0 unspecified atom stereocenters. The minimum atomic E-state index is -3.41. The summed E-state index contributed by atoms with van der Waals surface area (Å²) in [7, 11) is 1.41. The van der Waals surface area contributed by atoms with Gasteiger partial charge in [-0.1, -0.05) is 0 Å². The van der Waals surface area contributed by atoms with E-state index >= 15 is 0 Å². The van der Waals surface area contributed by atoms with Gasteiger partial charge in [0, 0.05) is 7.11 Å². The van der Waals surface area contributed by atoms with E-state index in [1.165, 1.54) is 7.11 Å². The Morgan fingerprint density at radius 1 is 1.50 bits per heavy atom. The zero-order valence-corrected chi connectivity index (χ0v) is 10.8. The van der Waals surface area contributed by atoms with E-state index < -0.39 is 30.3 Å². The maximum Gasteiger partial charge on any atom is 0.330 e. The van der Waals surface area contributed by atoms with Crippen LogP contribution < -0.4 is 22.3 Å². The molecule has 1 rings (SSSR count). The molecule has 1 heterocycles. The highest BCUT2D eigenvalue weighted by molar-refractivity contribution is 5.60. The first-order valence-electron chi connectivity index (χ1n) is 5.66. The highest BCUT2D eigenvalue weighted by Gasteiger charge is 2.28. The minimum Gasteiger partial charge on any atom is -0.390 e. The summed E-state index contributed by atoms with van der Waals surface area (Å²) in [6, 6.07) is 0. The summed E-state index contributed by atoms with van der Waals surface area (Å²) >= 11 is 0. The third kappa shape index (κ3) is 3.78. The number of anilines is 2. The van der Waals surface area contributed by atoms with Gasteiger partial charge in [-0.15, -0.1) is 0 Å². The van der Waals surface area contributed by atoms with Gasteiger partial charge in [0.1, 0.15) is 18.1 Å². The lowest BCUT2D eigenvalue weighted by molar-refractivity contribution is -0.0372. The van der Waals surface area contributed by atoms with E-state index in [2.05, 4.69) is 5.32 Å². The van der Waals surface area contributed by atoms with Crippen molar-refractivity contribution in [3.05, 3.63) is 20.8 Å². The van der Waals surface area contributed by atoms with Gasteiger partial charge in [0.15, 0.2) is 0 Å². The molecule has 0 aliphatic heterocycles. The zero-order chi connectivity index (χ0) is 15.3. The number of aromatic amines is 1. The number of ether oxygens (including phenoxy) is 1. The monoisotopic (exact) mass is 294 g/mol. The van der Waals surface area contributed by atoms with Crippen LogP contribution in [0.15, 0.2) is 9.59 Å². The van der Waals surface area contributed by atoms with E-state index in [0.717, 1.165) is 4.57 Å². The summed E-state index contributed by atoms with van der Waals surface area (Å²) in [4.78, 5) is 25.0. The number of aliphatic hydroxyl groups excluding tert-OH is 1. The van der Waals surface area contributed by atoms with Crippen LogP contribution in [0.25, 0.3) is 0 Å². The molecule has 114 valence electrons. The van der Waals surface area contributed by atoms with Gasteiger partial charge in [0.05, 0.1) is 19.7 Å². The van der Waals surface area contributed by atoms with Crippen molar-refractivity contribution in [1.29, 1.82) is 0 Å². The lowest BCUT2D eigenvalue weighted by Gasteiger charge is -2.17. The second-order valence-electron chi connectivity index (χ2n) is 4.03. The number of hydrogen-bond acceptors (Lipinski definition) is 6. The van der Waals surface area contributed by atoms with Gasteiger partial charge in [-0.25, -0.2) is 13.6 Å². The van der Waals surface area contributed by atoms with Gasteiger partial charge in [0.25, 0.3) is 11.5 Å². The van der Waals surface area contributed by atoms with Crippen LogP contribution in [0.1, 0.15) is 0 Å². The molecule has 1 aromatic heterocycles. The maximum absolute atomic E-state index is 12.9. The van der Waals surface area contributed by atoms with Gasteiger partial charge in [-0.2, -0.15) is 0 Å². The molecule has 10 heteroatoms. The van der Waals surface area contributed by atoms with Crippen molar-refractivity contribution in [2.45, 2.75) is 12.5 Å². The summed E-state index contributed by atoms with van der Waals surface area (Å²) < 4.78 is 31.6. The molecule has 20 heavy (non-hydrogen) atoms. The smallest absolute Gasteiger partial charge is 0.330 e. The van der Waals surface area contributed by atoms with Crippen LogP contribution in [0.3, 0.4) is 0 Å². The van der Waals surface area contributed by atoms with E-state index in [1.807, 2.05) is 4.98 Å². The molecular weight excluding hydrogens is 278 g/mol. The normalized spacial score (nSPS) is 11.6. The summed E-state index contributed by atoms with van der Waals surface area (Å²) in [6.07, 6.45) is 0. The number of nitrogen functional groups attached to an aromatic ring is 1. The quantitative estimate of drug-likeness (QED) is 0.501. The molecule has 0 bridgehead atoms. The molecule has 0 aliphatic rings. The lowest BCUT2D eigenvalue weighted by Crippen LogP contribution is -2.38. The predicted molar refractivity (Wildman–Crippen MR) is 68.1 cm³/mol. The Labute approximate surface area is 112 Å². The number of rotatable bonds is 7. The van der Waals surface area contributed by atoms with E-state index in [9.17, 15) is 18.4 Å². The minimum absolute atomic E-state index is 0.0586. The van der Waals surface area contributed by atoms with Crippen LogP contribution in [0, 0.1) is 0 Å². The zero-order valence-electron chi connectivity index (χ0n) is 10.8.